The number of aromatic amines is 1. The molecule has 0 radical (unpaired) electrons. The second kappa shape index (κ2) is 7.26. The van der Waals surface area contributed by atoms with Gasteiger partial charge in [-0.1, -0.05) is 6.07 Å². The third-order valence-corrected chi connectivity index (χ3v) is 7.22. The van der Waals surface area contributed by atoms with Gasteiger partial charge in [-0.3, -0.25) is 14.6 Å². The Balaban J connectivity index is 1.57. The molecule has 2 aliphatic rings. The van der Waals surface area contributed by atoms with Gasteiger partial charge in [-0.05, 0) is 36.5 Å². The maximum absolute atomic E-state index is 13.3. The third-order valence-electron chi connectivity index (χ3n) is 6.09. The van der Waals surface area contributed by atoms with Crippen LogP contribution in [0, 0.1) is 5.92 Å². The quantitative estimate of drug-likeness (QED) is 0.384. The molecule has 176 valence electrons. The first-order chi connectivity index (χ1) is 15.4. The molecular weight excluding hydrogens is 456 g/mol. The molecule has 9 nitrogen and oxygen atoms in total. The van der Waals surface area contributed by atoms with Gasteiger partial charge in [-0.15, -0.1) is 0 Å². The van der Waals surface area contributed by atoms with Gasteiger partial charge in [-0.2, -0.15) is 0 Å². The number of aromatic nitrogens is 3. The third kappa shape index (κ3) is 4.08. The van der Waals surface area contributed by atoms with Crippen LogP contribution < -0.4 is 16.2 Å². The van der Waals surface area contributed by atoms with Crippen molar-refractivity contribution in [3.63, 3.8) is 0 Å². The van der Waals surface area contributed by atoms with Gasteiger partial charge in [0.2, 0.25) is 0 Å². The summed E-state index contributed by atoms with van der Waals surface area (Å²) in [5, 5.41) is 18.6. The Labute approximate surface area is 187 Å². The summed E-state index contributed by atoms with van der Waals surface area (Å²) < 4.78 is 52.8. The lowest BCUT2D eigenvalue weighted by Gasteiger charge is -2.16. The van der Waals surface area contributed by atoms with Crippen LogP contribution in [0.3, 0.4) is 0 Å². The van der Waals surface area contributed by atoms with Gasteiger partial charge < -0.3 is 15.7 Å². The normalized spacial score (nSPS) is 20.6. The number of rotatable bonds is 7. The largest absolute Gasteiger partial charge is 0.373 e. The van der Waals surface area contributed by atoms with E-state index in [4.69, 9.17) is 0 Å². The molecule has 0 bridgehead atoms. The fourth-order valence-electron chi connectivity index (χ4n) is 3.99. The van der Waals surface area contributed by atoms with E-state index in [0.29, 0.717) is 5.92 Å². The van der Waals surface area contributed by atoms with Crippen LogP contribution in [-0.2, 0) is 16.9 Å². The molecule has 2 aromatic heterocycles. The van der Waals surface area contributed by atoms with Gasteiger partial charge in [0.25, 0.3) is 11.5 Å². The Morgan fingerprint density at radius 2 is 1.97 bits per heavy atom. The minimum Gasteiger partial charge on any atom is -0.373 e. The van der Waals surface area contributed by atoms with Crippen molar-refractivity contribution in [2.75, 3.05) is 16.9 Å². The number of pyridine rings is 1. The first-order valence-corrected chi connectivity index (χ1v) is 12.4. The first kappa shape index (κ1) is 21.8. The molecule has 0 saturated heterocycles. The molecule has 0 amide bonds. The Morgan fingerprint density at radius 1 is 1.27 bits per heavy atom. The highest BCUT2D eigenvalue weighted by molar-refractivity contribution is 7.90. The zero-order valence-corrected chi connectivity index (χ0v) is 18.7. The SMILES string of the molecule is Cn1[nH]c2nc(NC(O)C3CC3(F)F)cc(Nc3ccc(C4CC4)cc3S(C)(=O)=O)c2c1=O. The van der Waals surface area contributed by atoms with Gasteiger partial charge in [0.05, 0.1) is 22.2 Å². The van der Waals surface area contributed by atoms with E-state index in [1.54, 1.807) is 12.1 Å². The van der Waals surface area contributed by atoms with Gasteiger partial charge >= 0.3 is 0 Å². The predicted octanol–water partition coefficient (Wildman–Crippen LogP) is 2.67. The summed E-state index contributed by atoms with van der Waals surface area (Å²) in [6, 6.07) is 6.53. The molecule has 12 heteroatoms. The molecule has 0 aliphatic heterocycles. The molecule has 1 aromatic carbocycles. The number of alkyl halides is 2. The summed E-state index contributed by atoms with van der Waals surface area (Å²) in [5.74, 6) is -3.76. The predicted molar refractivity (Wildman–Crippen MR) is 119 cm³/mol. The van der Waals surface area contributed by atoms with E-state index in [-0.39, 0.29) is 33.1 Å². The van der Waals surface area contributed by atoms with Crippen molar-refractivity contribution in [3.05, 3.63) is 40.2 Å². The van der Waals surface area contributed by atoms with E-state index >= 15 is 0 Å². The molecular formula is C21H23F2N5O4S. The maximum Gasteiger partial charge on any atom is 0.277 e. The number of halogens is 2. The number of hydrogen-bond donors (Lipinski definition) is 4. The molecule has 2 saturated carbocycles. The van der Waals surface area contributed by atoms with Crippen LogP contribution in [0.5, 0.6) is 0 Å². The van der Waals surface area contributed by atoms with Crippen molar-refractivity contribution in [1.29, 1.82) is 0 Å². The fraction of sp³-hybridized carbons (Fsp3) is 0.429. The summed E-state index contributed by atoms with van der Waals surface area (Å²) in [5.41, 5.74) is 1.19. The van der Waals surface area contributed by atoms with Gasteiger partial charge in [0.15, 0.2) is 15.5 Å². The lowest BCUT2D eigenvalue weighted by molar-refractivity contribution is 0.0583. The number of hydrogen-bond acceptors (Lipinski definition) is 7. The van der Waals surface area contributed by atoms with Crippen LogP contribution in [0.15, 0.2) is 34.0 Å². The van der Waals surface area contributed by atoms with E-state index in [1.165, 1.54) is 17.8 Å². The summed E-state index contributed by atoms with van der Waals surface area (Å²) >= 11 is 0. The summed E-state index contributed by atoms with van der Waals surface area (Å²) in [4.78, 5) is 17.0. The van der Waals surface area contributed by atoms with Crippen molar-refractivity contribution in [3.8, 4) is 0 Å². The van der Waals surface area contributed by atoms with E-state index in [0.717, 1.165) is 24.7 Å². The summed E-state index contributed by atoms with van der Waals surface area (Å²) in [6.07, 6.45) is 1.18. The van der Waals surface area contributed by atoms with Crippen molar-refractivity contribution in [2.45, 2.75) is 42.2 Å². The maximum atomic E-state index is 13.3. The standard InChI is InChI=1S/C21H23F2N5O4S/c1-28-20(30)17-14(8-16(25-18(17)27-28)26-19(29)12-9-21(12,22)23)24-13-6-5-11(10-3-4-10)7-15(13)33(2,31)32/h5-8,10,12,19,29H,3-4,9H2,1-2H3,(H3,24,25,26,27). The highest BCUT2D eigenvalue weighted by Crippen LogP contribution is 2.50. The lowest BCUT2D eigenvalue weighted by atomic mass is 10.1. The van der Waals surface area contributed by atoms with E-state index in [9.17, 15) is 27.1 Å². The molecule has 33 heavy (non-hydrogen) atoms. The average Bonchev–Trinajstić information content (AvgIpc) is 3.62. The minimum absolute atomic E-state index is 0.0533. The van der Waals surface area contributed by atoms with E-state index in [1.807, 2.05) is 6.07 Å². The summed E-state index contributed by atoms with van der Waals surface area (Å²) in [7, 11) is -2.10. The second-order valence-corrected chi connectivity index (χ2v) is 10.8. The molecule has 2 fully saturated rings. The van der Waals surface area contributed by atoms with E-state index < -0.39 is 39.9 Å². The monoisotopic (exact) mass is 479 g/mol. The fourth-order valence-corrected chi connectivity index (χ4v) is 4.85. The smallest absolute Gasteiger partial charge is 0.277 e. The topological polar surface area (TPSA) is 129 Å². The molecule has 2 aliphatic carbocycles. The Kier molecular flexibility index (Phi) is 4.80. The average molecular weight is 480 g/mol. The molecule has 2 atom stereocenters. The molecule has 2 unspecified atom stereocenters. The van der Waals surface area contributed by atoms with Gasteiger partial charge in [0.1, 0.15) is 17.4 Å². The minimum atomic E-state index is -3.59. The zero-order valence-electron chi connectivity index (χ0n) is 17.9. The number of anilines is 3. The second-order valence-electron chi connectivity index (χ2n) is 8.84. The van der Waals surface area contributed by atoms with Crippen LogP contribution >= 0.6 is 0 Å². The number of benzene rings is 1. The van der Waals surface area contributed by atoms with Crippen molar-refractivity contribution in [1.82, 2.24) is 14.8 Å². The number of fused-ring (bicyclic) bond motifs is 1. The van der Waals surface area contributed by atoms with E-state index in [2.05, 4.69) is 20.7 Å². The van der Waals surface area contributed by atoms with Gasteiger partial charge in [-0.25, -0.2) is 22.2 Å². The number of aliphatic hydroxyl groups excluding tert-OH is 1. The van der Waals surface area contributed by atoms with Crippen LogP contribution in [-0.4, -0.2) is 46.7 Å². The zero-order chi connectivity index (χ0) is 23.7. The number of aryl methyl sites for hydroxylation is 1. The Bertz CT molecular complexity index is 1430. The van der Waals surface area contributed by atoms with Crippen LogP contribution in [0.25, 0.3) is 11.0 Å². The molecule has 0 spiro atoms. The van der Waals surface area contributed by atoms with Crippen LogP contribution in [0.2, 0.25) is 0 Å². The highest BCUT2D eigenvalue weighted by atomic mass is 32.2. The summed E-state index contributed by atoms with van der Waals surface area (Å²) in [6.45, 7) is 0. The highest BCUT2D eigenvalue weighted by Gasteiger charge is 2.60. The van der Waals surface area contributed by atoms with Gasteiger partial charge in [0, 0.05) is 25.8 Å². The van der Waals surface area contributed by atoms with Crippen molar-refractivity contribution < 1.29 is 22.3 Å². The number of nitrogens with zero attached hydrogens (tertiary/aromatic N) is 2. The molecule has 3 aromatic rings. The Morgan fingerprint density at radius 3 is 2.58 bits per heavy atom. The van der Waals surface area contributed by atoms with Crippen molar-refractivity contribution >= 4 is 38.1 Å². The molecule has 2 heterocycles. The van der Waals surface area contributed by atoms with Crippen LogP contribution in [0.1, 0.15) is 30.7 Å². The first-order valence-electron chi connectivity index (χ1n) is 10.5. The van der Waals surface area contributed by atoms with Crippen molar-refractivity contribution in [2.24, 2.45) is 13.0 Å². The number of sulfone groups is 1. The Hall–Kier alpha value is -2.99. The molecule has 5 rings (SSSR count). The number of aliphatic hydroxyl groups is 1. The lowest BCUT2D eigenvalue weighted by Crippen LogP contribution is -2.24. The number of H-pyrrole nitrogens is 1. The number of nitrogens with one attached hydrogen (secondary N) is 3. The molecule has 4 N–H and O–H groups in total. The van der Waals surface area contributed by atoms with Crippen LogP contribution in [0.4, 0.5) is 26.0 Å².